The molecule has 3 rings (SSSR count). The topological polar surface area (TPSA) is 75.4 Å². The number of nitrogens with one attached hydrogen (secondary N) is 1. The minimum absolute atomic E-state index is 0.0271. The fourth-order valence-electron chi connectivity index (χ4n) is 3.55. The second-order valence-electron chi connectivity index (χ2n) is 6.56. The van der Waals surface area contributed by atoms with Crippen molar-refractivity contribution in [3.63, 3.8) is 0 Å². The molecule has 1 aliphatic carbocycles. The highest BCUT2D eigenvalue weighted by Crippen LogP contribution is 2.31. The number of hydrogen-bond donors (Lipinski definition) is 2. The molecule has 3 N–H and O–H groups in total. The van der Waals surface area contributed by atoms with Crippen molar-refractivity contribution in [3.8, 4) is 0 Å². The van der Waals surface area contributed by atoms with E-state index < -0.39 is 0 Å². The first kappa shape index (κ1) is 16.3. The number of halogens is 1. The molecule has 1 saturated heterocycles. The van der Waals surface area contributed by atoms with Gasteiger partial charge in [0, 0.05) is 30.2 Å². The molecular formula is C17H22ClN3O2. The van der Waals surface area contributed by atoms with Crippen LogP contribution in [0.15, 0.2) is 24.3 Å². The molecule has 1 aromatic rings. The molecule has 0 radical (unpaired) electrons. The molecule has 2 aliphatic rings. The molecule has 1 aliphatic heterocycles. The Balaban J connectivity index is 1.67. The molecule has 1 unspecified atom stereocenters. The first-order chi connectivity index (χ1) is 11.0. The first-order valence-electron chi connectivity index (χ1n) is 8.11. The van der Waals surface area contributed by atoms with Crippen LogP contribution in [0.5, 0.6) is 0 Å². The Kier molecular flexibility index (Phi) is 4.60. The van der Waals surface area contributed by atoms with Crippen LogP contribution in [-0.2, 0) is 9.59 Å². The van der Waals surface area contributed by atoms with Crippen molar-refractivity contribution in [2.75, 3.05) is 18.0 Å². The lowest BCUT2D eigenvalue weighted by Gasteiger charge is -2.30. The van der Waals surface area contributed by atoms with Gasteiger partial charge < -0.3 is 16.0 Å². The Morgan fingerprint density at radius 2 is 1.96 bits per heavy atom. The van der Waals surface area contributed by atoms with Crippen LogP contribution in [0.2, 0.25) is 5.02 Å². The standard InChI is InChI=1S/C17H22ClN3O2/c18-13-3-5-14(6-4-13)21-10-12(9-15(21)22)16(23)20-17(11-19)7-1-2-8-17/h3-6,12H,1-2,7-11,19H2,(H,20,23). The lowest BCUT2D eigenvalue weighted by atomic mass is 9.96. The van der Waals surface area contributed by atoms with Gasteiger partial charge in [-0.3, -0.25) is 9.59 Å². The van der Waals surface area contributed by atoms with Gasteiger partial charge in [0.2, 0.25) is 11.8 Å². The summed E-state index contributed by atoms with van der Waals surface area (Å²) in [6, 6.07) is 7.11. The van der Waals surface area contributed by atoms with Gasteiger partial charge >= 0.3 is 0 Å². The van der Waals surface area contributed by atoms with Gasteiger partial charge in [-0.05, 0) is 37.1 Å². The zero-order chi connectivity index (χ0) is 16.4. The van der Waals surface area contributed by atoms with Gasteiger partial charge in [-0.2, -0.15) is 0 Å². The Hall–Kier alpha value is -1.59. The van der Waals surface area contributed by atoms with Crippen LogP contribution in [-0.4, -0.2) is 30.4 Å². The number of nitrogens with zero attached hydrogens (tertiary/aromatic N) is 1. The van der Waals surface area contributed by atoms with E-state index in [2.05, 4.69) is 5.32 Å². The van der Waals surface area contributed by atoms with Gasteiger partial charge in [0.25, 0.3) is 0 Å². The normalized spacial score (nSPS) is 23.3. The third-order valence-electron chi connectivity index (χ3n) is 4.97. The SMILES string of the molecule is NCC1(NC(=O)C2CC(=O)N(c3ccc(Cl)cc3)C2)CCCC1. The third kappa shape index (κ3) is 3.35. The summed E-state index contributed by atoms with van der Waals surface area (Å²) in [7, 11) is 0. The maximum Gasteiger partial charge on any atom is 0.227 e. The Morgan fingerprint density at radius 3 is 2.57 bits per heavy atom. The van der Waals surface area contributed by atoms with Crippen LogP contribution in [0.25, 0.3) is 0 Å². The number of anilines is 1. The van der Waals surface area contributed by atoms with E-state index in [-0.39, 0.29) is 29.7 Å². The smallest absolute Gasteiger partial charge is 0.227 e. The zero-order valence-corrected chi connectivity index (χ0v) is 13.8. The van der Waals surface area contributed by atoms with Gasteiger partial charge in [-0.15, -0.1) is 0 Å². The van der Waals surface area contributed by atoms with E-state index in [9.17, 15) is 9.59 Å². The Labute approximate surface area is 141 Å². The second-order valence-corrected chi connectivity index (χ2v) is 7.00. The van der Waals surface area contributed by atoms with Gasteiger partial charge in [0.1, 0.15) is 0 Å². The predicted molar refractivity (Wildman–Crippen MR) is 90.3 cm³/mol. The molecule has 124 valence electrons. The van der Waals surface area contributed by atoms with Gasteiger partial charge in [-0.25, -0.2) is 0 Å². The van der Waals surface area contributed by atoms with Gasteiger partial charge in [0.05, 0.1) is 11.5 Å². The lowest BCUT2D eigenvalue weighted by molar-refractivity contribution is -0.127. The maximum absolute atomic E-state index is 12.6. The summed E-state index contributed by atoms with van der Waals surface area (Å²) in [5, 5.41) is 3.75. The Morgan fingerprint density at radius 1 is 1.30 bits per heavy atom. The van der Waals surface area contributed by atoms with E-state index in [0.717, 1.165) is 31.4 Å². The quantitative estimate of drug-likeness (QED) is 0.884. The van der Waals surface area contributed by atoms with E-state index >= 15 is 0 Å². The lowest BCUT2D eigenvalue weighted by Crippen LogP contribution is -2.53. The molecular weight excluding hydrogens is 314 g/mol. The van der Waals surface area contributed by atoms with Crippen molar-refractivity contribution < 1.29 is 9.59 Å². The molecule has 0 spiro atoms. The molecule has 1 saturated carbocycles. The molecule has 1 atom stereocenters. The van der Waals surface area contributed by atoms with E-state index in [0.29, 0.717) is 18.1 Å². The van der Waals surface area contributed by atoms with Crippen molar-refractivity contribution in [3.05, 3.63) is 29.3 Å². The highest BCUT2D eigenvalue weighted by atomic mass is 35.5. The van der Waals surface area contributed by atoms with E-state index in [1.807, 2.05) is 0 Å². The summed E-state index contributed by atoms with van der Waals surface area (Å²) in [6.45, 7) is 0.868. The number of benzene rings is 1. The first-order valence-corrected chi connectivity index (χ1v) is 8.49. The van der Waals surface area contributed by atoms with Crippen LogP contribution in [0, 0.1) is 5.92 Å². The van der Waals surface area contributed by atoms with E-state index in [1.54, 1.807) is 29.2 Å². The van der Waals surface area contributed by atoms with E-state index in [1.165, 1.54) is 0 Å². The van der Waals surface area contributed by atoms with Crippen LogP contribution >= 0.6 is 11.6 Å². The number of nitrogens with two attached hydrogens (primary N) is 1. The summed E-state index contributed by atoms with van der Waals surface area (Å²) in [5.41, 5.74) is 6.38. The van der Waals surface area contributed by atoms with Gasteiger partial charge in [0.15, 0.2) is 0 Å². The third-order valence-corrected chi connectivity index (χ3v) is 5.23. The predicted octanol–water partition coefficient (Wildman–Crippen LogP) is 2.08. The van der Waals surface area contributed by atoms with Crippen molar-refractivity contribution in [1.29, 1.82) is 0 Å². The molecule has 2 fully saturated rings. The van der Waals surface area contributed by atoms with Crippen molar-refractivity contribution in [1.82, 2.24) is 5.32 Å². The summed E-state index contributed by atoms with van der Waals surface area (Å²) >= 11 is 5.88. The zero-order valence-electron chi connectivity index (χ0n) is 13.1. The van der Waals surface area contributed by atoms with Gasteiger partial charge in [-0.1, -0.05) is 24.4 Å². The highest BCUT2D eigenvalue weighted by Gasteiger charge is 2.40. The molecule has 23 heavy (non-hydrogen) atoms. The van der Waals surface area contributed by atoms with Crippen LogP contribution in [0.1, 0.15) is 32.1 Å². The average molecular weight is 336 g/mol. The molecule has 0 aromatic heterocycles. The summed E-state index contributed by atoms with van der Waals surface area (Å²) in [4.78, 5) is 26.5. The number of carbonyl (C=O) groups is 2. The average Bonchev–Trinajstić information content (AvgIpc) is 3.16. The fourth-order valence-corrected chi connectivity index (χ4v) is 3.68. The van der Waals surface area contributed by atoms with Crippen molar-refractivity contribution in [2.24, 2.45) is 11.7 Å². The monoisotopic (exact) mass is 335 g/mol. The minimum Gasteiger partial charge on any atom is -0.349 e. The maximum atomic E-state index is 12.6. The molecule has 1 aromatic carbocycles. The number of rotatable bonds is 4. The summed E-state index contributed by atoms with van der Waals surface area (Å²) < 4.78 is 0. The molecule has 1 heterocycles. The fraction of sp³-hybridized carbons (Fsp3) is 0.529. The van der Waals surface area contributed by atoms with Crippen molar-refractivity contribution >= 4 is 29.1 Å². The van der Waals surface area contributed by atoms with E-state index in [4.69, 9.17) is 17.3 Å². The highest BCUT2D eigenvalue weighted by molar-refractivity contribution is 6.30. The summed E-state index contributed by atoms with van der Waals surface area (Å²) in [6.07, 6.45) is 4.29. The number of carbonyl (C=O) groups excluding carboxylic acids is 2. The second kappa shape index (κ2) is 6.49. The van der Waals surface area contributed by atoms with Crippen LogP contribution in [0.3, 0.4) is 0 Å². The molecule has 0 bridgehead atoms. The number of hydrogen-bond acceptors (Lipinski definition) is 3. The van der Waals surface area contributed by atoms with Crippen LogP contribution in [0.4, 0.5) is 5.69 Å². The molecule has 2 amide bonds. The summed E-state index contributed by atoms with van der Waals surface area (Å²) in [5.74, 6) is -0.398. The minimum atomic E-state index is -0.317. The van der Waals surface area contributed by atoms with Crippen LogP contribution < -0.4 is 16.0 Å². The largest absolute Gasteiger partial charge is 0.349 e. The Bertz CT molecular complexity index is 596. The number of amides is 2. The van der Waals surface area contributed by atoms with Crippen molar-refractivity contribution in [2.45, 2.75) is 37.6 Å². The molecule has 5 nitrogen and oxygen atoms in total. The molecule has 6 heteroatoms.